The third kappa shape index (κ3) is 1.67. The number of nitrogens with two attached hydrogens (primary N) is 1. The Kier molecular flexibility index (Phi) is 2.41. The Morgan fingerprint density at radius 3 is 2.20 bits per heavy atom. The van der Waals surface area contributed by atoms with Gasteiger partial charge in [0.05, 0.1) is 5.69 Å². The molecule has 0 atom stereocenters. The largest absolute Gasteiger partial charge is 0.476 e. The Hall–Kier alpha value is -1.58. The number of rotatable bonds is 2. The molecule has 0 radical (unpaired) electrons. The summed E-state index contributed by atoms with van der Waals surface area (Å²) in [6, 6.07) is 3.69. The summed E-state index contributed by atoms with van der Waals surface area (Å²) in [7, 11) is 0. The normalized spacial score (nSPS) is 38.1. The molecule has 4 aliphatic rings. The highest BCUT2D eigenvalue weighted by molar-refractivity contribution is 5.91. The average molecular weight is 272 g/mol. The SMILES string of the molecule is Nc1ccc(C23CC4CC(CC(C4)C2)C3)nc1C(=O)O. The van der Waals surface area contributed by atoms with Crippen LogP contribution in [0.5, 0.6) is 0 Å². The van der Waals surface area contributed by atoms with E-state index in [-0.39, 0.29) is 16.8 Å². The molecule has 4 fully saturated rings. The van der Waals surface area contributed by atoms with Crippen molar-refractivity contribution < 1.29 is 9.90 Å². The maximum atomic E-state index is 11.3. The molecule has 106 valence electrons. The number of hydrogen-bond acceptors (Lipinski definition) is 3. The van der Waals surface area contributed by atoms with E-state index < -0.39 is 5.97 Å². The van der Waals surface area contributed by atoms with Crippen molar-refractivity contribution in [3.8, 4) is 0 Å². The van der Waals surface area contributed by atoms with Crippen molar-refractivity contribution >= 4 is 11.7 Å². The maximum Gasteiger partial charge on any atom is 0.356 e. The Morgan fingerprint density at radius 2 is 1.70 bits per heavy atom. The number of carboxylic acid groups (broad SMARTS) is 1. The molecular weight excluding hydrogens is 252 g/mol. The second kappa shape index (κ2) is 3.96. The molecule has 1 aromatic rings. The molecule has 1 aromatic heterocycles. The van der Waals surface area contributed by atoms with Crippen LogP contribution < -0.4 is 5.73 Å². The molecule has 5 rings (SSSR count). The zero-order chi connectivity index (χ0) is 13.9. The van der Waals surface area contributed by atoms with Crippen LogP contribution in [0.25, 0.3) is 0 Å². The molecule has 0 amide bonds. The molecule has 0 aromatic carbocycles. The topological polar surface area (TPSA) is 76.2 Å². The highest BCUT2D eigenvalue weighted by atomic mass is 16.4. The van der Waals surface area contributed by atoms with Gasteiger partial charge in [-0.3, -0.25) is 0 Å². The maximum absolute atomic E-state index is 11.3. The lowest BCUT2D eigenvalue weighted by molar-refractivity contribution is -0.00727. The number of hydrogen-bond donors (Lipinski definition) is 2. The zero-order valence-corrected chi connectivity index (χ0v) is 11.5. The van der Waals surface area contributed by atoms with E-state index in [4.69, 9.17) is 5.73 Å². The molecule has 3 N–H and O–H groups in total. The van der Waals surface area contributed by atoms with Gasteiger partial charge in [0.25, 0.3) is 0 Å². The number of carbonyl (C=O) groups is 1. The van der Waals surface area contributed by atoms with Crippen molar-refractivity contribution in [1.82, 2.24) is 4.98 Å². The molecule has 1 heterocycles. The van der Waals surface area contributed by atoms with Gasteiger partial charge in [-0.1, -0.05) is 0 Å². The lowest BCUT2D eigenvalue weighted by Crippen LogP contribution is -2.49. The highest BCUT2D eigenvalue weighted by Gasteiger charge is 2.52. The fourth-order valence-electron chi connectivity index (χ4n) is 5.36. The Morgan fingerprint density at radius 1 is 1.15 bits per heavy atom. The fraction of sp³-hybridized carbons (Fsp3) is 0.625. The summed E-state index contributed by atoms with van der Waals surface area (Å²) in [5, 5.41) is 9.23. The number of pyridine rings is 1. The Balaban J connectivity index is 1.77. The Labute approximate surface area is 118 Å². The van der Waals surface area contributed by atoms with Crippen LogP contribution in [0.2, 0.25) is 0 Å². The predicted molar refractivity (Wildman–Crippen MR) is 75.5 cm³/mol. The molecule has 0 unspecified atom stereocenters. The van der Waals surface area contributed by atoms with Crippen LogP contribution in [-0.4, -0.2) is 16.1 Å². The van der Waals surface area contributed by atoms with Gasteiger partial charge in [0.2, 0.25) is 0 Å². The van der Waals surface area contributed by atoms with Gasteiger partial charge in [-0.15, -0.1) is 0 Å². The zero-order valence-electron chi connectivity index (χ0n) is 11.5. The van der Waals surface area contributed by atoms with E-state index in [1.54, 1.807) is 6.07 Å². The van der Waals surface area contributed by atoms with Crippen LogP contribution in [0.15, 0.2) is 12.1 Å². The van der Waals surface area contributed by atoms with Crippen LogP contribution in [0.1, 0.15) is 54.7 Å². The van der Waals surface area contributed by atoms with Crippen molar-refractivity contribution in [2.45, 2.75) is 43.9 Å². The molecule has 4 heteroatoms. The molecule has 0 aliphatic heterocycles. The number of nitrogens with zero attached hydrogens (tertiary/aromatic N) is 1. The lowest BCUT2D eigenvalue weighted by atomic mass is 9.49. The summed E-state index contributed by atoms with van der Waals surface area (Å²) in [4.78, 5) is 15.7. The summed E-state index contributed by atoms with van der Waals surface area (Å²) < 4.78 is 0. The number of anilines is 1. The molecule has 4 bridgehead atoms. The number of aromatic nitrogens is 1. The van der Waals surface area contributed by atoms with Gasteiger partial charge < -0.3 is 10.8 Å². The van der Waals surface area contributed by atoms with Crippen molar-refractivity contribution in [3.63, 3.8) is 0 Å². The summed E-state index contributed by atoms with van der Waals surface area (Å²) in [5.41, 5.74) is 7.14. The summed E-state index contributed by atoms with van der Waals surface area (Å²) in [6.07, 6.45) is 7.69. The summed E-state index contributed by atoms with van der Waals surface area (Å²) in [5.74, 6) is 1.46. The number of nitrogen functional groups attached to an aromatic ring is 1. The third-order valence-corrected chi connectivity index (χ3v) is 5.71. The van der Waals surface area contributed by atoms with Gasteiger partial charge in [0.15, 0.2) is 5.69 Å². The van der Waals surface area contributed by atoms with Crippen LogP contribution >= 0.6 is 0 Å². The molecule has 4 aliphatic carbocycles. The summed E-state index contributed by atoms with van der Waals surface area (Å²) >= 11 is 0. The van der Waals surface area contributed by atoms with E-state index in [0.29, 0.717) is 0 Å². The average Bonchev–Trinajstić information content (AvgIpc) is 2.37. The smallest absolute Gasteiger partial charge is 0.356 e. The van der Waals surface area contributed by atoms with E-state index in [0.717, 1.165) is 23.4 Å². The van der Waals surface area contributed by atoms with Crippen LogP contribution in [0, 0.1) is 17.8 Å². The Bertz CT molecular complexity index is 547. The van der Waals surface area contributed by atoms with Crippen molar-refractivity contribution in [1.29, 1.82) is 0 Å². The lowest BCUT2D eigenvalue weighted by Gasteiger charge is -2.56. The highest BCUT2D eigenvalue weighted by Crippen LogP contribution is 2.60. The van der Waals surface area contributed by atoms with E-state index in [9.17, 15) is 9.90 Å². The van der Waals surface area contributed by atoms with Crippen LogP contribution in [-0.2, 0) is 5.41 Å². The van der Waals surface area contributed by atoms with Gasteiger partial charge in [-0.2, -0.15) is 0 Å². The van der Waals surface area contributed by atoms with Gasteiger partial charge in [-0.05, 0) is 68.4 Å². The minimum Gasteiger partial charge on any atom is -0.476 e. The van der Waals surface area contributed by atoms with E-state index in [1.165, 1.54) is 38.5 Å². The molecule has 4 saturated carbocycles. The first kappa shape index (κ1) is 12.2. The first-order valence-corrected chi connectivity index (χ1v) is 7.56. The first-order chi connectivity index (χ1) is 9.56. The third-order valence-electron chi connectivity index (χ3n) is 5.71. The van der Waals surface area contributed by atoms with E-state index >= 15 is 0 Å². The fourth-order valence-corrected chi connectivity index (χ4v) is 5.36. The van der Waals surface area contributed by atoms with Gasteiger partial charge in [0, 0.05) is 11.1 Å². The van der Waals surface area contributed by atoms with Crippen molar-refractivity contribution in [3.05, 3.63) is 23.5 Å². The van der Waals surface area contributed by atoms with Gasteiger partial charge in [0.1, 0.15) is 0 Å². The standard InChI is InChI=1S/C16H20N2O2/c17-12-1-2-13(18-14(12)15(19)20)16-6-9-3-10(7-16)5-11(4-9)8-16/h1-2,9-11H,3-8,17H2,(H,19,20). The molecular formula is C16H20N2O2. The van der Waals surface area contributed by atoms with Crippen molar-refractivity contribution in [2.24, 2.45) is 17.8 Å². The molecule has 4 nitrogen and oxygen atoms in total. The second-order valence-corrected chi connectivity index (χ2v) is 7.14. The molecule has 0 spiro atoms. The predicted octanol–water partition coefficient (Wildman–Crippen LogP) is 2.83. The van der Waals surface area contributed by atoms with Gasteiger partial charge in [-0.25, -0.2) is 9.78 Å². The number of carboxylic acids is 1. The summed E-state index contributed by atoms with van der Waals surface area (Å²) in [6.45, 7) is 0. The van der Waals surface area contributed by atoms with Crippen LogP contribution in [0.4, 0.5) is 5.69 Å². The van der Waals surface area contributed by atoms with Crippen molar-refractivity contribution in [2.75, 3.05) is 5.73 Å². The minimum absolute atomic E-state index is 0.0262. The van der Waals surface area contributed by atoms with E-state index in [1.807, 2.05) is 6.07 Å². The van der Waals surface area contributed by atoms with E-state index in [2.05, 4.69) is 4.98 Å². The number of aromatic carboxylic acids is 1. The quantitative estimate of drug-likeness (QED) is 0.868. The monoisotopic (exact) mass is 272 g/mol. The second-order valence-electron chi connectivity index (χ2n) is 7.14. The van der Waals surface area contributed by atoms with Crippen LogP contribution in [0.3, 0.4) is 0 Å². The molecule has 0 saturated heterocycles. The minimum atomic E-state index is -1.02. The molecule has 20 heavy (non-hydrogen) atoms. The first-order valence-electron chi connectivity index (χ1n) is 7.56. The van der Waals surface area contributed by atoms with Gasteiger partial charge >= 0.3 is 5.97 Å².